The first-order chi connectivity index (χ1) is 13.0. The Balaban J connectivity index is 1.41. The fourth-order valence-corrected chi connectivity index (χ4v) is 4.27. The van der Waals surface area contributed by atoms with E-state index in [1.165, 1.54) is 11.3 Å². The van der Waals surface area contributed by atoms with E-state index in [2.05, 4.69) is 10.3 Å². The number of imide groups is 1. The van der Waals surface area contributed by atoms with Gasteiger partial charge in [0.05, 0.1) is 17.5 Å². The molecule has 1 aliphatic carbocycles. The largest absolute Gasteiger partial charge is 0.300 e. The molecule has 8 heteroatoms. The quantitative estimate of drug-likeness (QED) is 0.629. The van der Waals surface area contributed by atoms with Crippen LogP contribution < -0.4 is 5.32 Å². The van der Waals surface area contributed by atoms with E-state index < -0.39 is 5.91 Å². The van der Waals surface area contributed by atoms with Crippen molar-refractivity contribution in [3.63, 3.8) is 0 Å². The van der Waals surface area contributed by atoms with Crippen molar-refractivity contribution in [2.45, 2.75) is 12.8 Å². The third-order valence-electron chi connectivity index (χ3n) is 4.79. The van der Waals surface area contributed by atoms with E-state index in [-0.39, 0.29) is 30.2 Å². The fraction of sp³-hybridized carbons (Fsp3) is 0.263. The molecule has 0 bridgehead atoms. The van der Waals surface area contributed by atoms with Gasteiger partial charge in [0.25, 0.3) is 0 Å². The third kappa shape index (κ3) is 3.52. The monoisotopic (exact) mass is 401 g/mol. The van der Waals surface area contributed by atoms with E-state index in [1.807, 2.05) is 29.7 Å². The molecule has 0 saturated carbocycles. The molecule has 0 radical (unpaired) electrons. The van der Waals surface area contributed by atoms with E-state index in [0.29, 0.717) is 23.0 Å². The van der Waals surface area contributed by atoms with Gasteiger partial charge in [0.2, 0.25) is 17.7 Å². The van der Waals surface area contributed by atoms with Gasteiger partial charge in [-0.05, 0) is 25.0 Å². The average molecular weight is 402 g/mol. The SMILES string of the molecule is O=C(CN1C(=O)[C@H]2CC=CC[C@@H]2C1=O)Nc1nc(-c2ccc(Cl)cc2)cs1. The molecule has 1 aromatic carbocycles. The zero-order valence-electron chi connectivity index (χ0n) is 14.2. The van der Waals surface area contributed by atoms with Gasteiger partial charge in [0, 0.05) is 16.0 Å². The summed E-state index contributed by atoms with van der Waals surface area (Å²) in [4.78, 5) is 42.6. The lowest BCUT2D eigenvalue weighted by atomic mass is 9.85. The second-order valence-electron chi connectivity index (χ2n) is 6.51. The van der Waals surface area contributed by atoms with Crippen molar-refractivity contribution in [2.75, 3.05) is 11.9 Å². The molecule has 2 heterocycles. The Morgan fingerprint density at radius 3 is 2.41 bits per heavy atom. The number of benzene rings is 1. The van der Waals surface area contributed by atoms with Crippen molar-refractivity contribution in [3.8, 4) is 11.3 Å². The molecule has 4 rings (SSSR count). The number of hydrogen-bond acceptors (Lipinski definition) is 5. The molecule has 27 heavy (non-hydrogen) atoms. The number of aromatic nitrogens is 1. The zero-order valence-corrected chi connectivity index (χ0v) is 15.8. The normalized spacial score (nSPS) is 21.4. The maximum Gasteiger partial charge on any atom is 0.246 e. The van der Waals surface area contributed by atoms with Gasteiger partial charge in [-0.2, -0.15) is 0 Å². The Labute approximate surface area is 164 Å². The first-order valence-electron chi connectivity index (χ1n) is 8.54. The van der Waals surface area contributed by atoms with Gasteiger partial charge >= 0.3 is 0 Å². The van der Waals surface area contributed by atoms with Crippen molar-refractivity contribution in [1.82, 2.24) is 9.88 Å². The minimum Gasteiger partial charge on any atom is -0.300 e. The standard InChI is InChI=1S/C19H16ClN3O3S/c20-12-7-5-11(6-8-12)15-10-27-19(21-15)22-16(24)9-23-17(25)13-3-1-2-4-14(13)18(23)26/h1-2,5-8,10,13-14H,3-4,9H2,(H,21,22,24)/t13-,14-/m0/s1. The lowest BCUT2D eigenvalue weighted by Crippen LogP contribution is -2.38. The molecule has 3 amide bonds. The molecule has 1 aliphatic heterocycles. The zero-order chi connectivity index (χ0) is 19.0. The van der Waals surface area contributed by atoms with Crippen LogP contribution in [-0.2, 0) is 14.4 Å². The molecular weight excluding hydrogens is 386 g/mol. The summed E-state index contributed by atoms with van der Waals surface area (Å²) in [6, 6.07) is 7.24. The highest BCUT2D eigenvalue weighted by molar-refractivity contribution is 7.14. The lowest BCUT2D eigenvalue weighted by molar-refractivity contribution is -0.142. The number of hydrogen-bond donors (Lipinski definition) is 1. The van der Waals surface area contributed by atoms with E-state index in [1.54, 1.807) is 12.1 Å². The Kier molecular flexibility index (Phi) is 4.80. The smallest absolute Gasteiger partial charge is 0.246 e. The molecule has 0 spiro atoms. The van der Waals surface area contributed by atoms with Crippen molar-refractivity contribution >= 4 is 45.8 Å². The molecule has 2 aromatic rings. The van der Waals surface area contributed by atoms with Crippen LogP contribution in [0.4, 0.5) is 5.13 Å². The number of amides is 3. The number of likely N-dealkylation sites (tertiary alicyclic amines) is 1. The summed E-state index contributed by atoms with van der Waals surface area (Å²) >= 11 is 7.17. The highest BCUT2D eigenvalue weighted by Gasteiger charge is 2.47. The summed E-state index contributed by atoms with van der Waals surface area (Å²) in [6.45, 7) is -0.277. The predicted octanol–water partition coefficient (Wildman–Crippen LogP) is 3.35. The summed E-state index contributed by atoms with van der Waals surface area (Å²) in [5.41, 5.74) is 1.61. The second-order valence-corrected chi connectivity index (χ2v) is 7.81. The molecule has 6 nitrogen and oxygen atoms in total. The Morgan fingerprint density at radius 2 is 1.78 bits per heavy atom. The molecular formula is C19H16ClN3O3S. The van der Waals surface area contributed by atoms with Crippen molar-refractivity contribution in [3.05, 3.63) is 46.8 Å². The number of rotatable bonds is 4. The number of allylic oxidation sites excluding steroid dienone is 2. The number of carbonyl (C=O) groups is 3. The topological polar surface area (TPSA) is 79.4 Å². The molecule has 1 N–H and O–H groups in total. The minimum atomic E-state index is -0.430. The molecule has 1 fully saturated rings. The van der Waals surface area contributed by atoms with Gasteiger partial charge < -0.3 is 5.32 Å². The highest BCUT2D eigenvalue weighted by Crippen LogP contribution is 2.35. The molecule has 138 valence electrons. The number of thiazole rings is 1. The Morgan fingerprint density at radius 1 is 1.15 bits per heavy atom. The third-order valence-corrected chi connectivity index (χ3v) is 5.80. The van der Waals surface area contributed by atoms with Crippen molar-refractivity contribution in [2.24, 2.45) is 11.8 Å². The molecule has 2 aliphatic rings. The van der Waals surface area contributed by atoms with E-state index in [4.69, 9.17) is 11.6 Å². The predicted molar refractivity (Wildman–Crippen MR) is 103 cm³/mol. The minimum absolute atomic E-state index is 0.259. The van der Waals surface area contributed by atoms with Crippen molar-refractivity contribution in [1.29, 1.82) is 0 Å². The van der Waals surface area contributed by atoms with Crippen LogP contribution in [0.5, 0.6) is 0 Å². The number of carbonyl (C=O) groups excluding carboxylic acids is 3. The Hall–Kier alpha value is -2.51. The van der Waals surface area contributed by atoms with E-state index in [0.717, 1.165) is 16.2 Å². The van der Waals surface area contributed by atoms with Crippen LogP contribution in [0.25, 0.3) is 11.3 Å². The lowest BCUT2D eigenvalue weighted by Gasteiger charge is -2.14. The number of anilines is 1. The summed E-state index contributed by atoms with van der Waals surface area (Å²) in [5, 5.41) is 5.55. The first kappa shape index (κ1) is 17.9. The fourth-order valence-electron chi connectivity index (χ4n) is 3.41. The molecule has 1 aromatic heterocycles. The van der Waals surface area contributed by atoms with Gasteiger partial charge in [-0.25, -0.2) is 4.98 Å². The van der Waals surface area contributed by atoms with Crippen LogP contribution >= 0.6 is 22.9 Å². The maximum absolute atomic E-state index is 12.4. The van der Waals surface area contributed by atoms with Gasteiger partial charge in [-0.15, -0.1) is 11.3 Å². The summed E-state index contributed by atoms with van der Waals surface area (Å²) < 4.78 is 0. The highest BCUT2D eigenvalue weighted by atomic mass is 35.5. The van der Waals surface area contributed by atoms with Crippen molar-refractivity contribution < 1.29 is 14.4 Å². The molecule has 1 saturated heterocycles. The van der Waals surface area contributed by atoms with Crippen LogP contribution in [0, 0.1) is 11.8 Å². The number of nitrogens with zero attached hydrogens (tertiary/aromatic N) is 2. The van der Waals surface area contributed by atoms with Gasteiger partial charge in [-0.3, -0.25) is 19.3 Å². The molecule has 0 unspecified atom stereocenters. The number of fused-ring (bicyclic) bond motifs is 1. The van der Waals surface area contributed by atoms with E-state index in [9.17, 15) is 14.4 Å². The van der Waals surface area contributed by atoms with Crippen LogP contribution in [0.15, 0.2) is 41.8 Å². The maximum atomic E-state index is 12.4. The van der Waals surface area contributed by atoms with E-state index >= 15 is 0 Å². The van der Waals surface area contributed by atoms with Crippen LogP contribution in [0.1, 0.15) is 12.8 Å². The number of nitrogens with one attached hydrogen (secondary N) is 1. The summed E-state index contributed by atoms with van der Waals surface area (Å²) in [6.07, 6.45) is 4.96. The number of halogens is 1. The van der Waals surface area contributed by atoms with Gasteiger partial charge in [0.1, 0.15) is 6.54 Å². The van der Waals surface area contributed by atoms with Gasteiger partial charge in [0.15, 0.2) is 5.13 Å². The molecule has 2 atom stereocenters. The van der Waals surface area contributed by atoms with Crippen LogP contribution in [-0.4, -0.2) is 34.2 Å². The summed E-state index contributed by atoms with van der Waals surface area (Å²) in [7, 11) is 0. The van der Waals surface area contributed by atoms with Crippen LogP contribution in [0.3, 0.4) is 0 Å². The first-order valence-corrected chi connectivity index (χ1v) is 9.80. The summed E-state index contributed by atoms with van der Waals surface area (Å²) in [5.74, 6) is -1.60. The van der Waals surface area contributed by atoms with Crippen LogP contribution in [0.2, 0.25) is 5.02 Å². The second kappa shape index (κ2) is 7.25. The average Bonchev–Trinajstić information content (AvgIpc) is 3.22. The van der Waals surface area contributed by atoms with Gasteiger partial charge in [-0.1, -0.05) is 35.9 Å². The Bertz CT molecular complexity index is 912.